The highest BCUT2D eigenvalue weighted by atomic mass is 16.6. The van der Waals surface area contributed by atoms with E-state index >= 15 is 0 Å². The quantitative estimate of drug-likeness (QED) is 0.267. The topological polar surface area (TPSA) is 107 Å². The van der Waals surface area contributed by atoms with Crippen LogP contribution in [-0.2, 0) is 0 Å². The van der Waals surface area contributed by atoms with E-state index in [0.717, 1.165) is 17.2 Å². The average molecular weight is 502 g/mol. The molecule has 0 spiro atoms. The molecule has 2 aromatic heterocycles. The highest BCUT2D eigenvalue weighted by molar-refractivity contribution is 5.94. The molecule has 3 heterocycles. The molecular formula is C27H27N5O5. The molecule has 1 amide bonds. The maximum atomic E-state index is 13.7. The largest absolute Gasteiger partial charge is 0.492 e. The molecule has 4 aromatic rings. The van der Waals surface area contributed by atoms with Crippen molar-refractivity contribution in [2.24, 2.45) is 0 Å². The maximum absolute atomic E-state index is 13.7. The second-order valence-corrected chi connectivity index (χ2v) is 8.69. The highest BCUT2D eigenvalue weighted by Crippen LogP contribution is 2.30. The molecule has 1 aliphatic heterocycles. The molecule has 37 heavy (non-hydrogen) atoms. The fourth-order valence-electron chi connectivity index (χ4n) is 4.47. The van der Waals surface area contributed by atoms with Crippen LogP contribution < -0.4 is 9.64 Å². The summed E-state index contributed by atoms with van der Waals surface area (Å²) in [7, 11) is 0. The van der Waals surface area contributed by atoms with Gasteiger partial charge in [-0.1, -0.05) is 18.2 Å². The lowest BCUT2D eigenvalue weighted by Crippen LogP contribution is -2.49. The Labute approximate surface area is 213 Å². The van der Waals surface area contributed by atoms with Gasteiger partial charge in [0.15, 0.2) is 5.76 Å². The first-order valence-electron chi connectivity index (χ1n) is 12.1. The zero-order valence-electron chi connectivity index (χ0n) is 20.7. The lowest BCUT2D eigenvalue weighted by Gasteiger charge is -2.36. The Morgan fingerprint density at radius 2 is 1.84 bits per heavy atom. The summed E-state index contributed by atoms with van der Waals surface area (Å²) in [5.74, 6) is 1.86. The van der Waals surface area contributed by atoms with Crippen molar-refractivity contribution in [2.75, 3.05) is 37.7 Å². The smallest absolute Gasteiger partial charge is 0.272 e. The van der Waals surface area contributed by atoms with Crippen LogP contribution in [0.1, 0.15) is 23.2 Å². The van der Waals surface area contributed by atoms with Gasteiger partial charge < -0.3 is 19.0 Å². The average Bonchev–Trinajstić information content (AvgIpc) is 3.56. The molecule has 0 N–H and O–H groups in total. The number of rotatable bonds is 7. The number of para-hydroxylation sites is 2. The Morgan fingerprint density at radius 3 is 2.54 bits per heavy atom. The number of furan rings is 1. The van der Waals surface area contributed by atoms with E-state index in [2.05, 4.69) is 10.00 Å². The number of benzene rings is 2. The summed E-state index contributed by atoms with van der Waals surface area (Å²) < 4.78 is 13.0. The zero-order chi connectivity index (χ0) is 25.9. The number of carbonyl (C=O) groups excluding carboxylic acids is 1. The predicted octanol–water partition coefficient (Wildman–Crippen LogP) is 4.71. The minimum Gasteiger partial charge on any atom is -0.492 e. The summed E-state index contributed by atoms with van der Waals surface area (Å²) in [5.41, 5.74) is 2.15. The molecule has 10 nitrogen and oxygen atoms in total. The Hall–Kier alpha value is -4.60. The van der Waals surface area contributed by atoms with Crippen molar-refractivity contribution in [1.82, 2.24) is 14.7 Å². The summed E-state index contributed by atoms with van der Waals surface area (Å²) in [6.45, 7) is 6.67. The molecule has 0 unspecified atom stereocenters. The standard InChI is InChI=1S/C27H27N5O5/c1-3-36-26-10-5-4-9-23(26)29-13-15-30(16-14-29)27(33)24-18-22(25-12-11-19(2)37-25)28-31(24)20-7-6-8-21(17-20)32(34)35/h4-12,17-18H,3,13-16H2,1-2H3. The molecule has 0 radical (unpaired) electrons. The summed E-state index contributed by atoms with van der Waals surface area (Å²) in [6.07, 6.45) is 0. The Balaban J connectivity index is 1.43. The van der Waals surface area contributed by atoms with Crippen LogP contribution in [-0.4, -0.2) is 58.3 Å². The van der Waals surface area contributed by atoms with E-state index in [0.29, 0.717) is 55.6 Å². The molecule has 0 saturated carbocycles. The first-order valence-corrected chi connectivity index (χ1v) is 12.1. The Kier molecular flexibility index (Phi) is 6.63. The number of nitro benzene ring substituents is 1. The number of carbonyl (C=O) groups is 1. The fourth-order valence-corrected chi connectivity index (χ4v) is 4.47. The molecule has 10 heteroatoms. The summed E-state index contributed by atoms with van der Waals surface area (Å²) in [6, 6.07) is 19.3. The van der Waals surface area contributed by atoms with Crippen LogP contribution in [0.2, 0.25) is 0 Å². The van der Waals surface area contributed by atoms with Gasteiger partial charge in [-0.2, -0.15) is 5.10 Å². The van der Waals surface area contributed by atoms with Crippen molar-refractivity contribution in [3.63, 3.8) is 0 Å². The first kappa shape index (κ1) is 24.1. The predicted molar refractivity (Wildman–Crippen MR) is 138 cm³/mol. The van der Waals surface area contributed by atoms with E-state index in [1.165, 1.54) is 16.8 Å². The van der Waals surface area contributed by atoms with E-state index in [-0.39, 0.29) is 11.6 Å². The number of aryl methyl sites for hydroxylation is 1. The zero-order valence-corrected chi connectivity index (χ0v) is 20.7. The highest BCUT2D eigenvalue weighted by Gasteiger charge is 2.28. The summed E-state index contributed by atoms with van der Waals surface area (Å²) in [5, 5.41) is 16.0. The van der Waals surface area contributed by atoms with Gasteiger partial charge >= 0.3 is 0 Å². The van der Waals surface area contributed by atoms with Crippen molar-refractivity contribution in [2.45, 2.75) is 13.8 Å². The number of nitrogens with zero attached hydrogens (tertiary/aromatic N) is 5. The van der Waals surface area contributed by atoms with Crippen molar-refractivity contribution in [3.05, 3.63) is 88.3 Å². The molecule has 1 fully saturated rings. The molecule has 0 atom stereocenters. The molecular weight excluding hydrogens is 474 g/mol. The molecule has 5 rings (SSSR count). The van der Waals surface area contributed by atoms with Crippen LogP contribution in [0.15, 0.2) is 71.1 Å². The van der Waals surface area contributed by atoms with Crippen LogP contribution in [0.25, 0.3) is 17.1 Å². The molecule has 1 aliphatic rings. The van der Waals surface area contributed by atoms with Gasteiger partial charge in [0.2, 0.25) is 0 Å². The van der Waals surface area contributed by atoms with Crippen LogP contribution in [0.3, 0.4) is 0 Å². The van der Waals surface area contributed by atoms with E-state index in [9.17, 15) is 14.9 Å². The monoisotopic (exact) mass is 501 g/mol. The number of aromatic nitrogens is 2. The third kappa shape index (κ3) is 4.90. The Bertz CT molecular complexity index is 1430. The Morgan fingerprint density at radius 1 is 1.05 bits per heavy atom. The molecule has 0 aliphatic carbocycles. The van der Waals surface area contributed by atoms with Crippen LogP contribution >= 0.6 is 0 Å². The minimum atomic E-state index is -0.468. The van der Waals surface area contributed by atoms with E-state index in [1.54, 1.807) is 29.2 Å². The molecule has 190 valence electrons. The van der Waals surface area contributed by atoms with E-state index < -0.39 is 4.92 Å². The van der Waals surface area contributed by atoms with Gasteiger partial charge in [0, 0.05) is 44.4 Å². The van der Waals surface area contributed by atoms with Gasteiger partial charge in [0.05, 0.1) is 22.9 Å². The number of nitro groups is 1. The van der Waals surface area contributed by atoms with E-state index in [1.807, 2.05) is 44.2 Å². The minimum absolute atomic E-state index is 0.0802. The molecule has 1 saturated heterocycles. The number of hydrogen-bond acceptors (Lipinski definition) is 7. The van der Waals surface area contributed by atoms with Crippen molar-refractivity contribution >= 4 is 17.3 Å². The third-order valence-corrected chi connectivity index (χ3v) is 6.28. The number of amides is 1. The summed E-state index contributed by atoms with van der Waals surface area (Å²) in [4.78, 5) is 28.6. The lowest BCUT2D eigenvalue weighted by atomic mass is 10.2. The van der Waals surface area contributed by atoms with Crippen LogP contribution in [0, 0.1) is 17.0 Å². The van der Waals surface area contributed by atoms with Crippen molar-refractivity contribution < 1.29 is 18.9 Å². The number of hydrogen-bond donors (Lipinski definition) is 0. The van der Waals surface area contributed by atoms with Gasteiger partial charge in [-0.05, 0) is 44.2 Å². The van der Waals surface area contributed by atoms with Crippen molar-refractivity contribution in [1.29, 1.82) is 0 Å². The van der Waals surface area contributed by atoms with E-state index in [4.69, 9.17) is 9.15 Å². The fraction of sp³-hybridized carbons (Fsp3) is 0.259. The lowest BCUT2D eigenvalue weighted by molar-refractivity contribution is -0.384. The SMILES string of the molecule is CCOc1ccccc1N1CCN(C(=O)c2cc(-c3ccc(C)o3)nn2-c2cccc([N+](=O)[O-])c2)CC1. The maximum Gasteiger partial charge on any atom is 0.272 e. The van der Waals surface area contributed by atoms with Crippen LogP contribution in [0.5, 0.6) is 5.75 Å². The van der Waals surface area contributed by atoms with Gasteiger partial charge in [-0.15, -0.1) is 0 Å². The second-order valence-electron chi connectivity index (χ2n) is 8.69. The number of non-ortho nitro benzene ring substituents is 1. The number of anilines is 1. The second kappa shape index (κ2) is 10.2. The molecule has 0 bridgehead atoms. The summed E-state index contributed by atoms with van der Waals surface area (Å²) >= 11 is 0. The van der Waals surface area contributed by atoms with Crippen molar-refractivity contribution in [3.8, 4) is 22.9 Å². The normalized spacial score (nSPS) is 13.6. The van der Waals surface area contributed by atoms with Gasteiger partial charge in [-0.3, -0.25) is 14.9 Å². The number of ether oxygens (including phenoxy) is 1. The first-order chi connectivity index (χ1) is 17.9. The molecule has 2 aromatic carbocycles. The van der Waals surface area contributed by atoms with Gasteiger partial charge in [0.1, 0.15) is 22.9 Å². The number of piperazine rings is 1. The van der Waals surface area contributed by atoms with Gasteiger partial charge in [0.25, 0.3) is 11.6 Å². The van der Waals surface area contributed by atoms with Crippen LogP contribution in [0.4, 0.5) is 11.4 Å². The van der Waals surface area contributed by atoms with Gasteiger partial charge in [-0.25, -0.2) is 4.68 Å². The third-order valence-electron chi connectivity index (χ3n) is 6.28.